The highest BCUT2D eigenvalue weighted by molar-refractivity contribution is 6.31. The van der Waals surface area contributed by atoms with Crippen LogP contribution in [0.25, 0.3) is 0 Å². The van der Waals surface area contributed by atoms with Gasteiger partial charge in [-0.15, -0.1) is 0 Å². The van der Waals surface area contributed by atoms with Gasteiger partial charge >= 0.3 is 0 Å². The third-order valence-electron chi connectivity index (χ3n) is 3.03. The molecule has 0 bridgehead atoms. The molecule has 1 unspecified atom stereocenters. The van der Waals surface area contributed by atoms with Crippen molar-refractivity contribution in [1.82, 2.24) is 5.32 Å². The molecule has 0 saturated heterocycles. The standard InChI is InChI=1S/C14H17ClFNO/c1-2-17-14(10-5-4-8-18-9-10)13-11(15)6-3-7-12(13)16/h3,6-7,9,14,17H,2,4-5,8H2,1H3. The van der Waals surface area contributed by atoms with Crippen LogP contribution in [0.1, 0.15) is 31.4 Å². The maximum Gasteiger partial charge on any atom is 0.129 e. The Kier molecular flexibility index (Phi) is 4.61. The summed E-state index contributed by atoms with van der Waals surface area (Å²) in [6, 6.07) is 4.57. The lowest BCUT2D eigenvalue weighted by Crippen LogP contribution is -2.25. The van der Waals surface area contributed by atoms with Gasteiger partial charge in [-0.2, -0.15) is 0 Å². The molecule has 1 atom stereocenters. The first-order valence-corrected chi connectivity index (χ1v) is 6.59. The molecule has 0 fully saturated rings. The molecule has 0 radical (unpaired) electrons. The average molecular weight is 270 g/mol. The fraction of sp³-hybridized carbons (Fsp3) is 0.429. The Balaban J connectivity index is 2.37. The monoisotopic (exact) mass is 269 g/mol. The molecule has 98 valence electrons. The van der Waals surface area contributed by atoms with Gasteiger partial charge in [0.1, 0.15) is 5.82 Å². The van der Waals surface area contributed by atoms with Crippen molar-refractivity contribution >= 4 is 11.6 Å². The molecular weight excluding hydrogens is 253 g/mol. The molecule has 4 heteroatoms. The van der Waals surface area contributed by atoms with Crippen LogP contribution in [-0.4, -0.2) is 13.2 Å². The summed E-state index contributed by atoms with van der Waals surface area (Å²) >= 11 is 6.13. The summed E-state index contributed by atoms with van der Waals surface area (Å²) in [5, 5.41) is 3.73. The van der Waals surface area contributed by atoms with Gasteiger partial charge in [0.05, 0.1) is 18.9 Å². The van der Waals surface area contributed by atoms with Crippen molar-refractivity contribution in [3.05, 3.63) is 46.4 Å². The van der Waals surface area contributed by atoms with Crippen LogP contribution in [0, 0.1) is 5.82 Å². The first-order valence-electron chi connectivity index (χ1n) is 6.22. The Morgan fingerprint density at radius 1 is 1.50 bits per heavy atom. The number of rotatable bonds is 4. The van der Waals surface area contributed by atoms with Gasteiger partial charge in [-0.3, -0.25) is 0 Å². The van der Waals surface area contributed by atoms with Gasteiger partial charge in [-0.1, -0.05) is 24.6 Å². The predicted molar refractivity (Wildman–Crippen MR) is 71.1 cm³/mol. The third kappa shape index (κ3) is 2.85. The molecule has 1 N–H and O–H groups in total. The number of hydrogen-bond donors (Lipinski definition) is 1. The minimum Gasteiger partial charge on any atom is -0.501 e. The molecule has 1 aromatic rings. The van der Waals surface area contributed by atoms with Crippen molar-refractivity contribution in [3.63, 3.8) is 0 Å². The SMILES string of the molecule is CCNC(C1=COCCC1)c1c(F)cccc1Cl. The molecule has 0 spiro atoms. The summed E-state index contributed by atoms with van der Waals surface area (Å²) in [7, 11) is 0. The van der Waals surface area contributed by atoms with Gasteiger partial charge < -0.3 is 10.1 Å². The highest BCUT2D eigenvalue weighted by Crippen LogP contribution is 2.33. The molecule has 2 nitrogen and oxygen atoms in total. The summed E-state index contributed by atoms with van der Waals surface area (Å²) in [6.45, 7) is 3.46. The minimum absolute atomic E-state index is 0.205. The van der Waals surface area contributed by atoms with Gasteiger partial charge in [0.2, 0.25) is 0 Å². The van der Waals surface area contributed by atoms with E-state index in [1.165, 1.54) is 6.07 Å². The van der Waals surface area contributed by atoms with Crippen LogP contribution in [-0.2, 0) is 4.74 Å². The number of hydrogen-bond acceptors (Lipinski definition) is 2. The van der Waals surface area contributed by atoms with Crippen LogP contribution in [0.15, 0.2) is 30.0 Å². The fourth-order valence-corrected chi connectivity index (χ4v) is 2.48. The maximum absolute atomic E-state index is 14.0. The van der Waals surface area contributed by atoms with Gasteiger partial charge in [0.15, 0.2) is 0 Å². The van der Waals surface area contributed by atoms with Crippen LogP contribution in [0.2, 0.25) is 5.02 Å². The third-order valence-corrected chi connectivity index (χ3v) is 3.36. The van der Waals surface area contributed by atoms with E-state index >= 15 is 0 Å². The van der Waals surface area contributed by atoms with Gasteiger partial charge in [-0.25, -0.2) is 4.39 Å². The molecule has 1 heterocycles. The van der Waals surface area contributed by atoms with E-state index in [-0.39, 0.29) is 11.9 Å². The van der Waals surface area contributed by atoms with Crippen LogP contribution < -0.4 is 5.32 Å². The summed E-state index contributed by atoms with van der Waals surface area (Å²) in [6.07, 6.45) is 3.60. The molecule has 1 aliphatic heterocycles. The van der Waals surface area contributed by atoms with Crippen molar-refractivity contribution in [2.75, 3.05) is 13.2 Å². The van der Waals surface area contributed by atoms with E-state index in [2.05, 4.69) is 5.32 Å². The smallest absolute Gasteiger partial charge is 0.129 e. The molecule has 18 heavy (non-hydrogen) atoms. The molecule has 0 amide bonds. The highest BCUT2D eigenvalue weighted by Gasteiger charge is 2.23. The van der Waals surface area contributed by atoms with Gasteiger partial charge in [-0.05, 0) is 37.1 Å². The van der Waals surface area contributed by atoms with Crippen LogP contribution in [0.5, 0.6) is 0 Å². The second-order valence-corrected chi connectivity index (χ2v) is 4.70. The highest BCUT2D eigenvalue weighted by atomic mass is 35.5. The largest absolute Gasteiger partial charge is 0.501 e. The fourth-order valence-electron chi connectivity index (χ4n) is 2.21. The topological polar surface area (TPSA) is 21.3 Å². The van der Waals surface area contributed by atoms with Crippen molar-refractivity contribution in [3.8, 4) is 0 Å². The Bertz CT molecular complexity index is 427. The summed E-state index contributed by atoms with van der Waals surface area (Å²) in [4.78, 5) is 0. The zero-order chi connectivity index (χ0) is 13.0. The lowest BCUT2D eigenvalue weighted by Gasteiger charge is -2.25. The molecule has 2 rings (SSSR count). The van der Waals surface area contributed by atoms with E-state index in [1.807, 2.05) is 6.92 Å². The average Bonchev–Trinajstić information content (AvgIpc) is 2.38. The zero-order valence-corrected chi connectivity index (χ0v) is 11.1. The number of likely N-dealkylation sites (N-methyl/N-ethyl adjacent to an activating group) is 1. The van der Waals surface area contributed by atoms with E-state index in [1.54, 1.807) is 18.4 Å². The molecular formula is C14H17ClFNO. The maximum atomic E-state index is 14.0. The number of benzene rings is 1. The van der Waals surface area contributed by atoms with Crippen LogP contribution in [0.3, 0.4) is 0 Å². The zero-order valence-electron chi connectivity index (χ0n) is 10.4. The summed E-state index contributed by atoms with van der Waals surface area (Å²) in [5.74, 6) is -0.278. The van der Waals surface area contributed by atoms with Gasteiger partial charge in [0.25, 0.3) is 0 Å². The Hall–Kier alpha value is -1.06. The first kappa shape index (κ1) is 13.4. The second-order valence-electron chi connectivity index (χ2n) is 4.29. The molecule has 0 saturated carbocycles. The van der Waals surface area contributed by atoms with E-state index in [0.717, 1.165) is 31.6 Å². The van der Waals surface area contributed by atoms with Crippen LogP contribution in [0.4, 0.5) is 4.39 Å². The van der Waals surface area contributed by atoms with Crippen molar-refractivity contribution in [2.45, 2.75) is 25.8 Å². The lowest BCUT2D eigenvalue weighted by atomic mass is 9.94. The van der Waals surface area contributed by atoms with Crippen molar-refractivity contribution in [1.29, 1.82) is 0 Å². The normalized spacial score (nSPS) is 16.9. The van der Waals surface area contributed by atoms with E-state index < -0.39 is 0 Å². The van der Waals surface area contributed by atoms with E-state index in [9.17, 15) is 4.39 Å². The van der Waals surface area contributed by atoms with Crippen molar-refractivity contribution < 1.29 is 9.13 Å². The van der Waals surface area contributed by atoms with E-state index in [4.69, 9.17) is 16.3 Å². The number of nitrogens with one attached hydrogen (secondary N) is 1. The van der Waals surface area contributed by atoms with Crippen LogP contribution >= 0.6 is 11.6 Å². The number of halogens is 2. The predicted octanol–water partition coefficient (Wildman–Crippen LogP) is 3.82. The number of ether oxygens (including phenoxy) is 1. The quantitative estimate of drug-likeness (QED) is 0.897. The Labute approximate surface area is 112 Å². The van der Waals surface area contributed by atoms with Crippen molar-refractivity contribution in [2.24, 2.45) is 0 Å². The molecule has 1 aromatic carbocycles. The molecule has 0 aromatic heterocycles. The molecule has 1 aliphatic rings. The first-order chi connectivity index (χ1) is 8.74. The molecule has 0 aliphatic carbocycles. The Morgan fingerprint density at radius 2 is 2.33 bits per heavy atom. The van der Waals surface area contributed by atoms with Gasteiger partial charge in [0, 0.05) is 10.6 Å². The Morgan fingerprint density at radius 3 is 2.94 bits per heavy atom. The summed E-state index contributed by atoms with van der Waals surface area (Å²) < 4.78 is 19.3. The second kappa shape index (κ2) is 6.21. The minimum atomic E-state index is -0.278. The van der Waals surface area contributed by atoms with E-state index in [0.29, 0.717) is 10.6 Å². The lowest BCUT2D eigenvalue weighted by molar-refractivity contribution is 0.219. The summed E-state index contributed by atoms with van der Waals surface area (Å²) in [5.41, 5.74) is 1.56.